The fourth-order valence-electron chi connectivity index (χ4n) is 2.04. The van der Waals surface area contributed by atoms with Crippen LogP contribution in [-0.2, 0) is 6.54 Å². The molecule has 0 aliphatic heterocycles. The summed E-state index contributed by atoms with van der Waals surface area (Å²) < 4.78 is 2.37. The van der Waals surface area contributed by atoms with Crippen molar-refractivity contribution in [1.82, 2.24) is 14.7 Å². The first kappa shape index (κ1) is 15.4. The predicted octanol–water partition coefficient (Wildman–Crippen LogP) is 3.97. The van der Waals surface area contributed by atoms with E-state index in [1.165, 1.54) is 5.69 Å². The highest BCUT2D eigenvalue weighted by atomic mass is 32.2. The Kier molecular flexibility index (Phi) is 4.76. The molecule has 0 bridgehead atoms. The van der Waals surface area contributed by atoms with Crippen LogP contribution in [0.25, 0.3) is 5.65 Å². The summed E-state index contributed by atoms with van der Waals surface area (Å²) in [6.07, 6.45) is 2.10. The Morgan fingerprint density at radius 2 is 2.05 bits per heavy atom. The Balaban J connectivity index is 2.29. The van der Waals surface area contributed by atoms with E-state index in [1.807, 2.05) is 17.8 Å². The molecule has 0 radical (unpaired) electrons. The van der Waals surface area contributed by atoms with Crippen molar-refractivity contribution < 1.29 is 0 Å². The summed E-state index contributed by atoms with van der Waals surface area (Å²) in [7, 11) is 0. The predicted molar refractivity (Wildman–Crippen MR) is 87.3 cm³/mol. The summed E-state index contributed by atoms with van der Waals surface area (Å²) in [5.41, 5.74) is 2.29. The lowest BCUT2D eigenvalue weighted by molar-refractivity contribution is 0.544. The van der Waals surface area contributed by atoms with Crippen molar-refractivity contribution in [2.75, 3.05) is 6.54 Å². The van der Waals surface area contributed by atoms with Gasteiger partial charge in [-0.25, -0.2) is 4.98 Å². The minimum atomic E-state index is 0.171. The van der Waals surface area contributed by atoms with Crippen LogP contribution in [-0.4, -0.2) is 20.7 Å². The fourth-order valence-corrected chi connectivity index (χ4v) is 3.04. The van der Waals surface area contributed by atoms with Gasteiger partial charge in [0.1, 0.15) is 10.7 Å². The molecule has 0 aliphatic carbocycles. The number of aromatic nitrogens is 2. The number of pyridine rings is 1. The molecule has 2 aromatic rings. The zero-order chi connectivity index (χ0) is 14.8. The van der Waals surface area contributed by atoms with Gasteiger partial charge in [-0.05, 0) is 24.6 Å². The molecule has 4 heteroatoms. The molecule has 3 nitrogen and oxygen atoms in total. The lowest BCUT2D eigenvalue weighted by Crippen LogP contribution is -2.20. The Morgan fingerprint density at radius 3 is 2.70 bits per heavy atom. The van der Waals surface area contributed by atoms with Gasteiger partial charge < -0.3 is 9.72 Å². The zero-order valence-electron chi connectivity index (χ0n) is 13.1. The van der Waals surface area contributed by atoms with E-state index in [2.05, 4.69) is 62.7 Å². The van der Waals surface area contributed by atoms with E-state index in [0.717, 1.165) is 23.8 Å². The lowest BCUT2D eigenvalue weighted by Gasteiger charge is -2.17. The second-order valence-electron chi connectivity index (χ2n) is 6.53. The summed E-state index contributed by atoms with van der Waals surface area (Å²) in [4.78, 5) is 4.78. The van der Waals surface area contributed by atoms with Crippen LogP contribution in [0.5, 0.6) is 0 Å². The Morgan fingerprint density at radius 1 is 1.30 bits per heavy atom. The second-order valence-corrected chi connectivity index (χ2v) is 8.35. The van der Waals surface area contributed by atoms with E-state index in [-0.39, 0.29) is 4.75 Å². The number of hydrogen-bond donors (Lipinski definition) is 1. The first-order valence-corrected chi connectivity index (χ1v) is 8.04. The Bertz CT molecular complexity index is 567. The van der Waals surface area contributed by atoms with Crippen LogP contribution in [0.2, 0.25) is 0 Å². The van der Waals surface area contributed by atoms with Crippen LogP contribution >= 0.6 is 11.8 Å². The van der Waals surface area contributed by atoms with Crippen molar-refractivity contribution >= 4 is 17.4 Å². The number of nitrogens with one attached hydrogen (secondary N) is 1. The van der Waals surface area contributed by atoms with Crippen LogP contribution in [0.3, 0.4) is 0 Å². The molecule has 0 atom stereocenters. The number of nitrogens with zero attached hydrogens (tertiary/aromatic N) is 2. The average molecular weight is 291 g/mol. The summed E-state index contributed by atoms with van der Waals surface area (Å²) in [5, 5.41) is 4.67. The maximum Gasteiger partial charge on any atom is 0.138 e. The van der Waals surface area contributed by atoms with Crippen molar-refractivity contribution in [1.29, 1.82) is 0 Å². The molecule has 1 N–H and O–H groups in total. The van der Waals surface area contributed by atoms with E-state index < -0.39 is 0 Å². The first-order valence-electron chi connectivity index (χ1n) is 7.22. The SMILES string of the molecule is CC(C)CNCc1c(SC(C)(C)C)nc2ccccn12. The molecule has 20 heavy (non-hydrogen) atoms. The molecule has 0 fully saturated rings. The topological polar surface area (TPSA) is 29.3 Å². The fraction of sp³-hybridized carbons (Fsp3) is 0.562. The molecule has 0 aliphatic rings. The van der Waals surface area contributed by atoms with Crippen LogP contribution < -0.4 is 5.32 Å². The minimum absolute atomic E-state index is 0.171. The van der Waals surface area contributed by atoms with E-state index >= 15 is 0 Å². The maximum atomic E-state index is 4.78. The highest BCUT2D eigenvalue weighted by Gasteiger charge is 2.19. The normalized spacial score (nSPS) is 12.5. The first-order chi connectivity index (χ1) is 9.37. The van der Waals surface area contributed by atoms with Gasteiger partial charge in [-0.15, -0.1) is 0 Å². The minimum Gasteiger partial charge on any atom is -0.311 e. The van der Waals surface area contributed by atoms with Crippen molar-refractivity contribution in [2.24, 2.45) is 5.92 Å². The summed E-state index contributed by atoms with van der Waals surface area (Å²) in [5.74, 6) is 0.660. The summed E-state index contributed by atoms with van der Waals surface area (Å²) >= 11 is 1.84. The number of imidazole rings is 1. The van der Waals surface area contributed by atoms with Crippen molar-refractivity contribution in [3.63, 3.8) is 0 Å². The van der Waals surface area contributed by atoms with Crippen molar-refractivity contribution in [3.05, 3.63) is 30.1 Å². The molecule has 0 unspecified atom stereocenters. The number of thioether (sulfide) groups is 1. The van der Waals surface area contributed by atoms with Crippen LogP contribution in [0.15, 0.2) is 29.4 Å². The van der Waals surface area contributed by atoms with Gasteiger partial charge in [0.05, 0.1) is 5.69 Å². The molecule has 2 heterocycles. The van der Waals surface area contributed by atoms with Gasteiger partial charge in [-0.3, -0.25) is 0 Å². The Labute approximate surface area is 126 Å². The molecule has 2 aromatic heterocycles. The molecule has 0 saturated carbocycles. The molecule has 0 amide bonds. The highest BCUT2D eigenvalue weighted by molar-refractivity contribution is 8.00. The number of rotatable bonds is 5. The zero-order valence-corrected chi connectivity index (χ0v) is 13.9. The molecule has 0 spiro atoms. The van der Waals surface area contributed by atoms with Gasteiger partial charge in [0.15, 0.2) is 0 Å². The van der Waals surface area contributed by atoms with Gasteiger partial charge in [0.2, 0.25) is 0 Å². The molecule has 2 rings (SSSR count). The van der Waals surface area contributed by atoms with E-state index in [1.54, 1.807) is 0 Å². The summed E-state index contributed by atoms with van der Waals surface area (Å²) in [6.45, 7) is 13.0. The van der Waals surface area contributed by atoms with Crippen molar-refractivity contribution in [2.45, 2.75) is 50.9 Å². The third-order valence-electron chi connectivity index (χ3n) is 2.84. The average Bonchev–Trinajstić information content (AvgIpc) is 2.65. The molecule has 110 valence electrons. The van der Waals surface area contributed by atoms with E-state index in [0.29, 0.717) is 5.92 Å². The van der Waals surface area contributed by atoms with Crippen LogP contribution in [0, 0.1) is 5.92 Å². The monoisotopic (exact) mass is 291 g/mol. The van der Waals surface area contributed by atoms with Gasteiger partial charge in [0.25, 0.3) is 0 Å². The molecule has 0 saturated heterocycles. The Hall–Kier alpha value is -1.00. The lowest BCUT2D eigenvalue weighted by atomic mass is 10.2. The highest BCUT2D eigenvalue weighted by Crippen LogP contribution is 2.33. The molecular formula is C16H25N3S. The number of fused-ring (bicyclic) bond motifs is 1. The quantitative estimate of drug-likeness (QED) is 0.845. The van der Waals surface area contributed by atoms with Crippen LogP contribution in [0.1, 0.15) is 40.3 Å². The van der Waals surface area contributed by atoms with Gasteiger partial charge in [-0.1, -0.05) is 52.4 Å². The van der Waals surface area contributed by atoms with E-state index in [9.17, 15) is 0 Å². The van der Waals surface area contributed by atoms with Crippen molar-refractivity contribution in [3.8, 4) is 0 Å². The van der Waals surface area contributed by atoms with E-state index in [4.69, 9.17) is 4.98 Å². The largest absolute Gasteiger partial charge is 0.311 e. The smallest absolute Gasteiger partial charge is 0.138 e. The number of hydrogen-bond acceptors (Lipinski definition) is 3. The second kappa shape index (κ2) is 6.19. The molecular weight excluding hydrogens is 266 g/mol. The summed E-state index contributed by atoms with van der Waals surface area (Å²) in [6, 6.07) is 6.17. The third kappa shape index (κ3) is 4.00. The van der Waals surface area contributed by atoms with Gasteiger partial charge in [-0.2, -0.15) is 0 Å². The van der Waals surface area contributed by atoms with Gasteiger partial charge in [0, 0.05) is 17.5 Å². The van der Waals surface area contributed by atoms with Crippen LogP contribution in [0.4, 0.5) is 0 Å². The molecule has 0 aromatic carbocycles. The standard InChI is InChI=1S/C16H25N3S/c1-12(2)10-17-11-13-15(20-16(3,4)5)18-14-8-6-7-9-19(13)14/h6-9,12,17H,10-11H2,1-5H3. The maximum absolute atomic E-state index is 4.78. The third-order valence-corrected chi connectivity index (χ3v) is 3.97. The van der Waals surface area contributed by atoms with Gasteiger partial charge >= 0.3 is 0 Å².